The largest absolute Gasteiger partial charge is 0.459 e. The van der Waals surface area contributed by atoms with Crippen LogP contribution in [0.1, 0.15) is 46.5 Å². The lowest BCUT2D eigenvalue weighted by atomic mass is 9.45. The van der Waals surface area contributed by atoms with Gasteiger partial charge in [0.1, 0.15) is 12.4 Å². The van der Waals surface area contributed by atoms with Crippen molar-refractivity contribution >= 4 is 12.3 Å². The van der Waals surface area contributed by atoms with E-state index in [9.17, 15) is 19.8 Å². The summed E-state index contributed by atoms with van der Waals surface area (Å²) in [6.45, 7) is 6.65. The first kappa shape index (κ1) is 20.8. The van der Waals surface area contributed by atoms with Gasteiger partial charge in [0.25, 0.3) is 0 Å². The van der Waals surface area contributed by atoms with Gasteiger partial charge in [-0.25, -0.2) is 4.79 Å². The van der Waals surface area contributed by atoms with Gasteiger partial charge in [-0.15, -0.1) is 0 Å². The highest BCUT2D eigenvalue weighted by atomic mass is 16.5. The molecule has 0 bridgehead atoms. The number of esters is 1. The Balaban J connectivity index is 2.28. The number of ether oxygens (including phenoxy) is 1. The van der Waals surface area contributed by atoms with Crippen LogP contribution < -0.4 is 0 Å². The van der Waals surface area contributed by atoms with Gasteiger partial charge in [0.15, 0.2) is 0 Å². The maximum Gasteiger partial charge on any atom is 0.331 e. The predicted octanol–water partition coefficient (Wildman–Crippen LogP) is 2.66. The van der Waals surface area contributed by atoms with Crippen LogP contribution in [0.3, 0.4) is 0 Å². The molecule has 2 fully saturated rings. The standard InChI is InChI=1S/C21H32O5/c1-20(2)9-7-10-21(3)16(14-24)15(13-23)12-17(19(20)21)26-18(25)8-5-4-6-11-22/h4-6,8,11,15-17,19,23-24H,7,9-10,12-14H2,1-3H3/b6-4+,8-5+/t15?,16-,17+,19?,21+/m0/s1. The van der Waals surface area contributed by atoms with E-state index in [1.807, 2.05) is 0 Å². The number of aldehydes is 1. The first-order valence-electron chi connectivity index (χ1n) is 9.51. The average Bonchev–Trinajstić information content (AvgIpc) is 2.57. The highest BCUT2D eigenvalue weighted by Crippen LogP contribution is 2.61. The number of carbonyl (C=O) groups is 2. The third-order valence-corrected chi connectivity index (χ3v) is 6.64. The number of carbonyl (C=O) groups excluding carboxylic acids is 2. The van der Waals surface area contributed by atoms with E-state index in [1.165, 1.54) is 24.3 Å². The van der Waals surface area contributed by atoms with Crippen molar-refractivity contribution < 1.29 is 24.5 Å². The van der Waals surface area contributed by atoms with Crippen LogP contribution in [0.2, 0.25) is 0 Å². The minimum atomic E-state index is -0.437. The SMILES string of the molecule is CC1(C)CCC[C@@]2(C)C1[C@H](OC(=O)/C=C/C=C/C=O)CC(CO)[C@@H]2CO. The summed E-state index contributed by atoms with van der Waals surface area (Å²) in [4.78, 5) is 22.5. The molecule has 146 valence electrons. The molecule has 2 unspecified atom stereocenters. The molecule has 0 aromatic heterocycles. The molecular weight excluding hydrogens is 332 g/mol. The number of fused-ring (bicyclic) bond motifs is 1. The zero-order valence-electron chi connectivity index (χ0n) is 16.1. The first-order valence-corrected chi connectivity index (χ1v) is 9.51. The summed E-state index contributed by atoms with van der Waals surface area (Å²) in [5.41, 5.74) is -0.179. The Hall–Kier alpha value is -1.46. The Morgan fingerprint density at radius 1 is 1.12 bits per heavy atom. The van der Waals surface area contributed by atoms with Crippen molar-refractivity contribution in [2.75, 3.05) is 13.2 Å². The van der Waals surface area contributed by atoms with Crippen LogP contribution in [0.4, 0.5) is 0 Å². The molecule has 0 spiro atoms. The molecule has 0 amide bonds. The molecule has 2 saturated carbocycles. The Morgan fingerprint density at radius 3 is 2.46 bits per heavy atom. The van der Waals surface area contributed by atoms with Gasteiger partial charge >= 0.3 is 5.97 Å². The lowest BCUT2D eigenvalue weighted by Gasteiger charge is -2.61. The second-order valence-electron chi connectivity index (χ2n) is 8.65. The Morgan fingerprint density at radius 2 is 1.85 bits per heavy atom. The molecule has 5 nitrogen and oxygen atoms in total. The van der Waals surface area contributed by atoms with Crippen molar-refractivity contribution in [3.05, 3.63) is 24.3 Å². The quantitative estimate of drug-likeness (QED) is 0.328. The summed E-state index contributed by atoms with van der Waals surface area (Å²) >= 11 is 0. The molecule has 26 heavy (non-hydrogen) atoms. The van der Waals surface area contributed by atoms with Crippen molar-refractivity contribution in [2.24, 2.45) is 28.6 Å². The van der Waals surface area contributed by atoms with Gasteiger partial charge in [-0.2, -0.15) is 0 Å². The molecule has 0 aromatic carbocycles. The molecule has 0 aliphatic heterocycles. The molecule has 5 heteroatoms. The molecule has 2 N–H and O–H groups in total. The molecule has 2 rings (SSSR count). The van der Waals surface area contributed by atoms with Gasteiger partial charge in [0.05, 0.1) is 0 Å². The van der Waals surface area contributed by atoms with Crippen LogP contribution in [0.25, 0.3) is 0 Å². The maximum atomic E-state index is 12.3. The van der Waals surface area contributed by atoms with Crippen LogP contribution in [0.5, 0.6) is 0 Å². The van der Waals surface area contributed by atoms with Gasteiger partial charge in [0, 0.05) is 25.2 Å². The fraction of sp³-hybridized carbons (Fsp3) is 0.714. The highest BCUT2D eigenvalue weighted by Gasteiger charge is 2.59. The monoisotopic (exact) mass is 364 g/mol. The third kappa shape index (κ3) is 4.09. The first-order chi connectivity index (χ1) is 12.3. The van der Waals surface area contributed by atoms with Gasteiger partial charge in [-0.3, -0.25) is 4.79 Å². The number of hydrogen-bond donors (Lipinski definition) is 2. The van der Waals surface area contributed by atoms with E-state index in [2.05, 4.69) is 20.8 Å². The summed E-state index contributed by atoms with van der Waals surface area (Å²) in [7, 11) is 0. The van der Waals surface area contributed by atoms with Crippen molar-refractivity contribution in [1.29, 1.82) is 0 Å². The number of rotatable bonds is 6. The maximum absolute atomic E-state index is 12.3. The van der Waals surface area contributed by atoms with Gasteiger partial charge in [0.2, 0.25) is 0 Å². The Kier molecular flexibility index (Phi) is 6.80. The third-order valence-electron chi connectivity index (χ3n) is 6.64. The summed E-state index contributed by atoms with van der Waals surface area (Å²) < 4.78 is 5.83. The molecule has 5 atom stereocenters. The molecule has 0 aromatic rings. The Bertz CT molecular complexity index is 565. The minimum Gasteiger partial charge on any atom is -0.459 e. The molecule has 2 aliphatic rings. The van der Waals surface area contributed by atoms with Crippen molar-refractivity contribution in [3.8, 4) is 0 Å². The van der Waals surface area contributed by atoms with Crippen molar-refractivity contribution in [1.82, 2.24) is 0 Å². The molecular formula is C21H32O5. The normalized spacial score (nSPS) is 36.8. The van der Waals surface area contributed by atoms with E-state index >= 15 is 0 Å². The van der Waals surface area contributed by atoms with E-state index < -0.39 is 5.97 Å². The number of aliphatic hydroxyl groups excluding tert-OH is 2. The summed E-state index contributed by atoms with van der Waals surface area (Å²) in [5, 5.41) is 19.9. The van der Waals surface area contributed by atoms with Crippen molar-refractivity contribution in [2.45, 2.75) is 52.6 Å². The van der Waals surface area contributed by atoms with Crippen molar-refractivity contribution in [3.63, 3.8) is 0 Å². The van der Waals surface area contributed by atoms with Crippen LogP contribution in [0, 0.1) is 28.6 Å². The van der Waals surface area contributed by atoms with Gasteiger partial charge in [-0.05, 0) is 48.0 Å². The topological polar surface area (TPSA) is 83.8 Å². The molecule has 2 aliphatic carbocycles. The number of aliphatic hydroxyl groups is 2. The average molecular weight is 364 g/mol. The van der Waals surface area contributed by atoms with Crippen LogP contribution in [0.15, 0.2) is 24.3 Å². The molecule has 0 saturated heterocycles. The van der Waals surface area contributed by atoms with E-state index in [0.717, 1.165) is 19.3 Å². The van der Waals surface area contributed by atoms with Gasteiger partial charge < -0.3 is 14.9 Å². The fourth-order valence-corrected chi connectivity index (χ4v) is 5.72. The highest BCUT2D eigenvalue weighted by molar-refractivity contribution is 5.82. The van der Waals surface area contributed by atoms with Crippen LogP contribution >= 0.6 is 0 Å². The second-order valence-corrected chi connectivity index (χ2v) is 8.65. The summed E-state index contributed by atoms with van der Waals surface area (Å²) in [6, 6.07) is 0. The zero-order valence-corrected chi connectivity index (χ0v) is 16.1. The molecule has 0 radical (unpaired) electrons. The number of hydrogen-bond acceptors (Lipinski definition) is 5. The molecule has 0 heterocycles. The summed E-state index contributed by atoms with van der Waals surface area (Å²) in [5.74, 6) is -0.370. The van der Waals surface area contributed by atoms with Gasteiger partial charge in [-0.1, -0.05) is 39.3 Å². The number of allylic oxidation sites excluding steroid dienone is 3. The zero-order chi connectivity index (χ0) is 19.4. The minimum absolute atomic E-state index is 0.00702. The van der Waals surface area contributed by atoms with Crippen LogP contribution in [-0.4, -0.2) is 41.8 Å². The van der Waals surface area contributed by atoms with Crippen LogP contribution in [-0.2, 0) is 14.3 Å². The van der Waals surface area contributed by atoms with E-state index in [-0.39, 0.29) is 47.9 Å². The van der Waals surface area contributed by atoms with E-state index in [1.54, 1.807) is 0 Å². The smallest absolute Gasteiger partial charge is 0.331 e. The lowest BCUT2D eigenvalue weighted by molar-refractivity contribution is -0.194. The fourth-order valence-electron chi connectivity index (χ4n) is 5.72. The van der Waals surface area contributed by atoms with E-state index in [4.69, 9.17) is 4.74 Å². The van der Waals surface area contributed by atoms with E-state index in [0.29, 0.717) is 12.7 Å². The Labute approximate surface area is 156 Å². The second kappa shape index (κ2) is 8.49. The lowest BCUT2D eigenvalue weighted by Crippen LogP contribution is -2.59. The summed E-state index contributed by atoms with van der Waals surface area (Å²) in [6.07, 6.45) is 9.62. The predicted molar refractivity (Wildman–Crippen MR) is 99.2 cm³/mol.